The molecule has 0 N–H and O–H groups in total. The van der Waals surface area contributed by atoms with Crippen LogP contribution in [0.4, 0.5) is 5.69 Å². The fraction of sp³-hybridized carbons (Fsp3) is 0.647. The predicted octanol–water partition coefficient (Wildman–Crippen LogP) is 2.94. The van der Waals surface area contributed by atoms with E-state index in [1.807, 2.05) is 25.3 Å². The number of hydrogen-bond acceptors (Lipinski definition) is 4. The quantitative estimate of drug-likeness (QED) is 0.580. The minimum absolute atomic E-state index is 0.0186. The lowest BCUT2D eigenvalue weighted by Gasteiger charge is -2.39. The largest absolute Gasteiger partial charge is 0.497 e. The molecule has 1 fully saturated rings. The second-order valence-corrected chi connectivity index (χ2v) is 9.70. The summed E-state index contributed by atoms with van der Waals surface area (Å²) >= 11 is 2.02. The maximum atomic E-state index is 6.10. The van der Waals surface area contributed by atoms with E-state index in [1.54, 1.807) is 7.11 Å². The van der Waals surface area contributed by atoms with Crippen LogP contribution in [0, 0.1) is 0 Å². The average Bonchev–Trinajstić information content (AvgIpc) is 2.52. The first-order valence-electron chi connectivity index (χ1n) is 8.05. The van der Waals surface area contributed by atoms with E-state index in [0.29, 0.717) is 0 Å². The summed E-state index contributed by atoms with van der Waals surface area (Å²) in [5.74, 6) is 3.24. The normalized spacial score (nSPS) is 16.3. The Morgan fingerprint density at radius 3 is 2.35 bits per heavy atom. The van der Waals surface area contributed by atoms with Crippen LogP contribution in [0.15, 0.2) is 18.2 Å². The van der Waals surface area contributed by atoms with Gasteiger partial charge in [-0.25, -0.2) is 0 Å². The van der Waals surface area contributed by atoms with E-state index in [0.717, 1.165) is 24.3 Å². The zero-order valence-electron chi connectivity index (χ0n) is 14.9. The lowest BCUT2D eigenvalue weighted by Crippen LogP contribution is -2.45. The Labute approximate surface area is 148 Å². The third kappa shape index (κ3) is 5.05. The molecule has 1 aliphatic heterocycles. The molecule has 1 saturated heterocycles. The van der Waals surface area contributed by atoms with Crippen molar-refractivity contribution in [2.45, 2.75) is 38.5 Å². The van der Waals surface area contributed by atoms with Crippen LogP contribution in [-0.4, -0.2) is 49.9 Å². The molecule has 1 atom stereocenters. The zero-order valence-corrected chi connectivity index (χ0v) is 16.9. The molecule has 1 heterocycles. The third-order valence-electron chi connectivity index (χ3n) is 4.57. The summed E-state index contributed by atoms with van der Waals surface area (Å²) in [4.78, 5) is 2.42. The molecule has 23 heavy (non-hydrogen) atoms. The number of nitrogens with zero attached hydrogens (tertiary/aromatic N) is 1. The molecule has 0 aromatic heterocycles. The van der Waals surface area contributed by atoms with Gasteiger partial charge in [0, 0.05) is 41.5 Å². The summed E-state index contributed by atoms with van der Waals surface area (Å²) < 4.78 is 11.6. The van der Waals surface area contributed by atoms with Gasteiger partial charge in [-0.3, -0.25) is 0 Å². The van der Waals surface area contributed by atoms with E-state index < -0.39 is 0 Å². The highest BCUT2D eigenvalue weighted by molar-refractivity contribution is 7.99. The molecule has 127 valence electrons. The first-order valence-corrected chi connectivity index (χ1v) is 9.78. The van der Waals surface area contributed by atoms with Gasteiger partial charge in [0.15, 0.2) is 0 Å². The van der Waals surface area contributed by atoms with E-state index in [9.17, 15) is 0 Å². The van der Waals surface area contributed by atoms with Crippen LogP contribution in [-0.2, 0) is 4.65 Å². The Balaban J connectivity index is 2.15. The van der Waals surface area contributed by atoms with Gasteiger partial charge >= 0.3 is 7.48 Å². The molecule has 1 aliphatic rings. The molecule has 1 radical (unpaired) electrons. The lowest BCUT2D eigenvalue weighted by atomic mass is 9.83. The Morgan fingerprint density at radius 1 is 1.13 bits per heavy atom. The van der Waals surface area contributed by atoms with Gasteiger partial charge in [0.2, 0.25) is 0 Å². The highest BCUT2D eigenvalue weighted by atomic mass is 32.2. The van der Waals surface area contributed by atoms with Gasteiger partial charge < -0.3 is 14.3 Å². The summed E-state index contributed by atoms with van der Waals surface area (Å²) in [5, 5.41) is -0.0186. The number of hydrogen-bond donors (Lipinski definition) is 0. The molecule has 3 nitrogen and oxygen atoms in total. The summed E-state index contributed by atoms with van der Waals surface area (Å²) in [5.41, 5.74) is 1.98. The van der Waals surface area contributed by atoms with Crippen LogP contribution < -0.4 is 15.1 Å². The first-order chi connectivity index (χ1) is 10.7. The van der Waals surface area contributed by atoms with Crippen LogP contribution in [0.5, 0.6) is 5.75 Å². The molecule has 1 aromatic rings. The van der Waals surface area contributed by atoms with Crippen molar-refractivity contribution in [3.05, 3.63) is 18.2 Å². The van der Waals surface area contributed by atoms with Gasteiger partial charge in [-0.15, -0.1) is 9.24 Å². The summed E-state index contributed by atoms with van der Waals surface area (Å²) in [6.07, 6.45) is 0. The lowest BCUT2D eigenvalue weighted by molar-refractivity contribution is 0.0841. The third-order valence-corrected chi connectivity index (χ3v) is 6.20. The second kappa shape index (κ2) is 7.67. The van der Waals surface area contributed by atoms with Crippen molar-refractivity contribution in [1.82, 2.24) is 0 Å². The van der Waals surface area contributed by atoms with Crippen LogP contribution in [0.3, 0.4) is 0 Å². The maximum absolute atomic E-state index is 6.10. The predicted molar refractivity (Wildman–Crippen MR) is 107 cm³/mol. The fourth-order valence-corrected chi connectivity index (χ4v) is 3.13. The van der Waals surface area contributed by atoms with Crippen molar-refractivity contribution in [1.29, 1.82) is 0 Å². The molecule has 6 heteroatoms. The van der Waals surface area contributed by atoms with Gasteiger partial charge in [0.25, 0.3) is 0 Å². The minimum Gasteiger partial charge on any atom is -0.497 e. The highest BCUT2D eigenvalue weighted by Crippen LogP contribution is 2.33. The number of anilines is 1. The molecule has 0 aliphatic carbocycles. The van der Waals surface area contributed by atoms with Crippen LogP contribution in [0.1, 0.15) is 27.7 Å². The molecule has 1 aromatic carbocycles. The van der Waals surface area contributed by atoms with Gasteiger partial charge in [0.05, 0.1) is 12.7 Å². The van der Waals surface area contributed by atoms with Crippen molar-refractivity contribution in [2.24, 2.45) is 0 Å². The number of rotatable bonds is 6. The first kappa shape index (κ1) is 19.0. The maximum Gasteiger partial charge on any atom is 0.330 e. The zero-order chi connectivity index (χ0) is 17.1. The molecular weight excluding hydrogens is 324 g/mol. The van der Waals surface area contributed by atoms with Crippen molar-refractivity contribution >= 4 is 39.6 Å². The highest BCUT2D eigenvalue weighted by Gasteiger charge is 2.33. The van der Waals surface area contributed by atoms with Crippen LogP contribution >= 0.6 is 21.0 Å². The monoisotopic (exact) mass is 352 g/mol. The summed E-state index contributed by atoms with van der Waals surface area (Å²) in [7, 11) is 6.44. The van der Waals surface area contributed by atoms with Crippen molar-refractivity contribution in [3.8, 4) is 5.75 Å². The minimum atomic E-state index is -0.275. The van der Waals surface area contributed by atoms with Crippen molar-refractivity contribution in [2.75, 3.05) is 36.6 Å². The number of ether oxygens (including phenoxy) is 1. The molecule has 0 saturated carbocycles. The summed E-state index contributed by atoms with van der Waals surface area (Å²) in [6.45, 7) is 10.7. The number of thioether (sulfide) groups is 1. The molecule has 0 amide bonds. The van der Waals surface area contributed by atoms with Crippen molar-refractivity contribution < 1.29 is 9.39 Å². The second-order valence-electron chi connectivity index (χ2n) is 7.03. The number of benzene rings is 1. The standard InChI is InChI=1S/C17H28BNO2PS/c1-16(2,17(3,4)22)21-18-13-10-14(12-15(11-13)20-5)19-6-8-23-9-7-19/h10-12H,6-9,22H2,1-5H3. The van der Waals surface area contributed by atoms with Gasteiger partial charge in [-0.1, -0.05) is 13.8 Å². The topological polar surface area (TPSA) is 21.7 Å². The van der Waals surface area contributed by atoms with E-state index in [-0.39, 0.29) is 10.8 Å². The fourth-order valence-electron chi connectivity index (χ4n) is 2.16. The van der Waals surface area contributed by atoms with E-state index >= 15 is 0 Å². The molecule has 2 rings (SSSR count). The smallest absolute Gasteiger partial charge is 0.330 e. The van der Waals surface area contributed by atoms with E-state index in [4.69, 9.17) is 9.39 Å². The Bertz CT molecular complexity index is 528. The summed E-state index contributed by atoms with van der Waals surface area (Å²) in [6, 6.07) is 6.32. The van der Waals surface area contributed by atoms with Crippen LogP contribution in [0.2, 0.25) is 0 Å². The molecule has 0 spiro atoms. The average molecular weight is 352 g/mol. The SMILES string of the molecule is COc1cc([B]OC(C)(C)C(C)(C)P)cc(N2CCSCC2)c1. The Hall–Kier alpha value is -0.375. The van der Waals surface area contributed by atoms with Gasteiger partial charge in [-0.05, 0) is 31.4 Å². The van der Waals surface area contributed by atoms with E-state index in [1.165, 1.54) is 17.2 Å². The Kier molecular flexibility index (Phi) is 6.32. The van der Waals surface area contributed by atoms with Gasteiger partial charge in [-0.2, -0.15) is 11.8 Å². The number of methoxy groups -OCH3 is 1. The van der Waals surface area contributed by atoms with E-state index in [2.05, 4.69) is 54.0 Å². The molecule has 1 unspecified atom stereocenters. The van der Waals surface area contributed by atoms with Crippen LogP contribution in [0.25, 0.3) is 0 Å². The molecular formula is C17H28BNO2PS. The Morgan fingerprint density at radius 2 is 1.78 bits per heavy atom. The van der Waals surface area contributed by atoms with Crippen molar-refractivity contribution in [3.63, 3.8) is 0 Å². The van der Waals surface area contributed by atoms with Gasteiger partial charge in [0.1, 0.15) is 5.75 Å². The molecule has 0 bridgehead atoms.